The number of fused-ring (bicyclic) bond motifs is 1. The maximum Gasteiger partial charge on any atom is 0.321 e. The molecular formula is C31H37FN4O6S. The Hall–Kier alpha value is -4.00. The Bertz CT molecular complexity index is 1580. The summed E-state index contributed by atoms with van der Waals surface area (Å²) in [4.78, 5) is 28.0. The number of urea groups is 1. The summed E-state index contributed by atoms with van der Waals surface area (Å²) in [7, 11) is 0.820. The minimum Gasteiger partial charge on any atom is -0.487 e. The smallest absolute Gasteiger partial charge is 0.321 e. The van der Waals surface area contributed by atoms with Gasteiger partial charge in [-0.2, -0.15) is 4.31 Å². The predicted molar refractivity (Wildman–Crippen MR) is 162 cm³/mol. The summed E-state index contributed by atoms with van der Waals surface area (Å²) < 4.78 is 49.4. The summed E-state index contributed by atoms with van der Waals surface area (Å²) in [5.74, 6) is -1.02. The van der Waals surface area contributed by atoms with Gasteiger partial charge in [0.25, 0.3) is 5.91 Å². The Labute approximate surface area is 251 Å². The number of carbonyl (C=O) groups is 2. The van der Waals surface area contributed by atoms with E-state index < -0.39 is 39.9 Å². The number of anilines is 1. The van der Waals surface area contributed by atoms with Crippen molar-refractivity contribution in [3.05, 3.63) is 78.1 Å². The quantitative estimate of drug-likeness (QED) is 0.414. The number of nitrogens with zero attached hydrogens (tertiary/aromatic N) is 3. The molecule has 43 heavy (non-hydrogen) atoms. The molecule has 230 valence electrons. The molecule has 3 atom stereocenters. The SMILES string of the molecule is C[C@H]1CN([C@@H](C)CO)S(=O)(=O)c2ccc(-c3ccc(C(=O)N(C)C)cc3)cc2O[C@@H]1CN(C)C(=O)Nc1ccccc1F. The van der Waals surface area contributed by atoms with Crippen molar-refractivity contribution in [3.63, 3.8) is 0 Å². The second-order valence-electron chi connectivity index (χ2n) is 11.0. The zero-order chi connectivity index (χ0) is 31.5. The number of aliphatic hydroxyl groups excluding tert-OH is 1. The summed E-state index contributed by atoms with van der Waals surface area (Å²) >= 11 is 0. The van der Waals surface area contributed by atoms with E-state index in [2.05, 4.69) is 5.32 Å². The maximum atomic E-state index is 14.1. The van der Waals surface area contributed by atoms with Gasteiger partial charge >= 0.3 is 6.03 Å². The van der Waals surface area contributed by atoms with E-state index in [0.717, 1.165) is 5.56 Å². The normalized spacial score (nSPS) is 18.8. The van der Waals surface area contributed by atoms with Crippen molar-refractivity contribution >= 4 is 27.6 Å². The zero-order valence-electron chi connectivity index (χ0n) is 24.8. The molecule has 3 aromatic rings. The van der Waals surface area contributed by atoms with Gasteiger partial charge in [-0.15, -0.1) is 0 Å². The fraction of sp³-hybridized carbons (Fsp3) is 0.355. The lowest BCUT2D eigenvalue weighted by Gasteiger charge is -2.37. The van der Waals surface area contributed by atoms with Crippen LogP contribution in [0.1, 0.15) is 24.2 Å². The van der Waals surface area contributed by atoms with Crippen molar-refractivity contribution in [3.8, 4) is 16.9 Å². The van der Waals surface area contributed by atoms with Crippen LogP contribution in [0.15, 0.2) is 71.6 Å². The van der Waals surface area contributed by atoms with Crippen LogP contribution in [0.5, 0.6) is 5.75 Å². The Morgan fingerprint density at radius 3 is 2.35 bits per heavy atom. The molecule has 1 aliphatic heterocycles. The molecule has 3 amide bonds. The summed E-state index contributed by atoms with van der Waals surface area (Å²) in [6.07, 6.45) is -0.658. The number of hydrogen-bond acceptors (Lipinski definition) is 6. The lowest BCUT2D eigenvalue weighted by molar-refractivity contribution is 0.0827. The molecule has 3 aromatic carbocycles. The van der Waals surface area contributed by atoms with E-state index >= 15 is 0 Å². The van der Waals surface area contributed by atoms with Crippen molar-refractivity contribution in [2.75, 3.05) is 46.2 Å². The number of sulfonamides is 1. The largest absolute Gasteiger partial charge is 0.487 e. The molecule has 0 radical (unpaired) electrons. The second kappa shape index (κ2) is 13.1. The van der Waals surface area contributed by atoms with Crippen LogP contribution < -0.4 is 10.1 Å². The minimum atomic E-state index is -4.06. The molecule has 0 spiro atoms. The van der Waals surface area contributed by atoms with E-state index in [1.165, 1.54) is 38.4 Å². The van der Waals surface area contributed by atoms with Gasteiger partial charge < -0.3 is 25.0 Å². The monoisotopic (exact) mass is 612 g/mol. The molecule has 0 saturated carbocycles. The zero-order valence-corrected chi connectivity index (χ0v) is 25.6. The number of para-hydroxylation sites is 1. The van der Waals surface area contributed by atoms with Gasteiger partial charge in [-0.05, 0) is 54.4 Å². The summed E-state index contributed by atoms with van der Waals surface area (Å²) in [5.41, 5.74) is 1.95. The lowest BCUT2D eigenvalue weighted by atomic mass is 10.0. The van der Waals surface area contributed by atoms with Crippen molar-refractivity contribution in [1.82, 2.24) is 14.1 Å². The highest BCUT2D eigenvalue weighted by Crippen LogP contribution is 2.36. The van der Waals surface area contributed by atoms with Crippen molar-refractivity contribution in [2.45, 2.75) is 30.9 Å². The summed E-state index contributed by atoms with van der Waals surface area (Å²) in [6, 6.07) is 16.3. The van der Waals surface area contributed by atoms with E-state index in [4.69, 9.17) is 4.74 Å². The van der Waals surface area contributed by atoms with Crippen LogP contribution in [0.25, 0.3) is 11.1 Å². The first-order chi connectivity index (χ1) is 20.3. The van der Waals surface area contributed by atoms with Gasteiger partial charge in [-0.25, -0.2) is 17.6 Å². The van der Waals surface area contributed by atoms with Gasteiger partial charge in [0.1, 0.15) is 22.6 Å². The minimum absolute atomic E-state index is 0.0355. The number of hydrogen-bond donors (Lipinski definition) is 2. The van der Waals surface area contributed by atoms with E-state index in [1.807, 2.05) is 6.92 Å². The number of ether oxygens (including phenoxy) is 1. The molecule has 10 nitrogen and oxygen atoms in total. The highest BCUT2D eigenvalue weighted by Gasteiger charge is 2.38. The number of halogens is 1. The number of likely N-dealkylation sites (N-methyl/N-ethyl adjacent to an activating group) is 1. The van der Waals surface area contributed by atoms with Gasteiger partial charge in [0.05, 0.1) is 18.8 Å². The second-order valence-corrected chi connectivity index (χ2v) is 12.8. The first kappa shape index (κ1) is 31.9. The Balaban J connectivity index is 1.69. The molecule has 1 aliphatic rings. The maximum absolute atomic E-state index is 14.1. The van der Waals surface area contributed by atoms with Crippen LogP contribution in [0.2, 0.25) is 0 Å². The van der Waals surface area contributed by atoms with Crippen LogP contribution in [-0.4, -0.2) is 92.6 Å². The Morgan fingerprint density at radius 2 is 1.72 bits per heavy atom. The molecular weight excluding hydrogens is 575 g/mol. The molecule has 0 fully saturated rings. The van der Waals surface area contributed by atoms with Crippen LogP contribution >= 0.6 is 0 Å². The number of nitrogens with one attached hydrogen (secondary N) is 1. The molecule has 0 aliphatic carbocycles. The number of carbonyl (C=O) groups excluding carboxylic acids is 2. The van der Waals surface area contributed by atoms with E-state index in [1.54, 1.807) is 70.5 Å². The molecule has 2 N–H and O–H groups in total. The highest BCUT2D eigenvalue weighted by atomic mass is 32.2. The first-order valence-electron chi connectivity index (χ1n) is 13.9. The fourth-order valence-corrected chi connectivity index (χ4v) is 6.64. The Kier molecular flexibility index (Phi) is 9.73. The van der Waals surface area contributed by atoms with Crippen molar-refractivity contribution < 1.29 is 32.2 Å². The van der Waals surface area contributed by atoms with E-state index in [9.17, 15) is 27.5 Å². The molecule has 0 aromatic heterocycles. The van der Waals surface area contributed by atoms with Crippen molar-refractivity contribution in [2.24, 2.45) is 5.92 Å². The molecule has 0 saturated heterocycles. The third-order valence-corrected chi connectivity index (χ3v) is 9.47. The third kappa shape index (κ3) is 6.98. The summed E-state index contributed by atoms with van der Waals surface area (Å²) in [6.45, 7) is 3.16. The fourth-order valence-electron chi connectivity index (χ4n) is 4.81. The number of benzene rings is 3. The molecule has 1 heterocycles. The van der Waals surface area contributed by atoms with Gasteiger partial charge in [0, 0.05) is 45.2 Å². The lowest BCUT2D eigenvalue weighted by Crippen LogP contribution is -2.50. The molecule has 12 heteroatoms. The molecule has 0 unspecified atom stereocenters. The Morgan fingerprint density at radius 1 is 1.07 bits per heavy atom. The molecule has 0 bridgehead atoms. The summed E-state index contributed by atoms with van der Waals surface area (Å²) in [5, 5.41) is 12.4. The predicted octanol–water partition coefficient (Wildman–Crippen LogP) is 4.13. The molecule has 4 rings (SSSR count). The van der Waals surface area contributed by atoms with E-state index in [-0.39, 0.29) is 41.9 Å². The average Bonchev–Trinajstić information content (AvgIpc) is 2.99. The highest BCUT2D eigenvalue weighted by molar-refractivity contribution is 7.89. The topological polar surface area (TPSA) is 119 Å². The van der Waals surface area contributed by atoms with Crippen LogP contribution in [0.4, 0.5) is 14.9 Å². The number of aliphatic hydroxyl groups is 1. The average molecular weight is 613 g/mol. The van der Waals surface area contributed by atoms with Gasteiger partial charge in [-0.1, -0.05) is 37.3 Å². The third-order valence-electron chi connectivity index (χ3n) is 7.45. The van der Waals surface area contributed by atoms with Gasteiger partial charge in [0.15, 0.2) is 0 Å². The first-order valence-corrected chi connectivity index (χ1v) is 15.3. The van der Waals surface area contributed by atoms with Gasteiger partial charge in [0.2, 0.25) is 10.0 Å². The van der Waals surface area contributed by atoms with Crippen molar-refractivity contribution in [1.29, 1.82) is 0 Å². The van der Waals surface area contributed by atoms with Crippen LogP contribution in [0.3, 0.4) is 0 Å². The van der Waals surface area contributed by atoms with Gasteiger partial charge in [-0.3, -0.25) is 4.79 Å². The number of amides is 3. The van der Waals surface area contributed by atoms with Crippen LogP contribution in [-0.2, 0) is 10.0 Å². The van der Waals surface area contributed by atoms with Crippen LogP contribution in [0, 0.1) is 11.7 Å². The number of rotatable bonds is 7. The van der Waals surface area contributed by atoms with E-state index in [0.29, 0.717) is 11.1 Å². The standard InChI is InChI=1S/C31H37FN4O6S/c1-20-17-36(21(2)19-37)43(40,41)29-15-14-24(22-10-12-23(13-11-22)30(38)34(3)4)16-27(29)42-28(20)18-35(5)31(39)33-26-9-7-6-8-25(26)32/h6-16,20-21,28,37H,17-19H2,1-5H3,(H,33,39)/t20-,21-,28+/m0/s1.